The van der Waals surface area contributed by atoms with Crippen LogP contribution in [0.4, 0.5) is 0 Å². The zero-order valence-electron chi connectivity index (χ0n) is 14.3. The van der Waals surface area contributed by atoms with Gasteiger partial charge in [0.2, 0.25) is 0 Å². The van der Waals surface area contributed by atoms with E-state index in [0.717, 1.165) is 18.3 Å². The number of hydrogen-bond acceptors (Lipinski definition) is 3. The zero-order chi connectivity index (χ0) is 17.2. The molecule has 2 aromatic rings. The molecule has 6 nitrogen and oxygen atoms in total. The molecule has 1 N–H and O–H groups in total. The summed E-state index contributed by atoms with van der Waals surface area (Å²) in [5, 5.41) is 7.64. The molecule has 0 saturated heterocycles. The molecule has 1 heterocycles. The first-order valence-electron chi connectivity index (χ1n) is 8.05. The molecule has 1 aliphatic carbocycles. The van der Waals surface area contributed by atoms with E-state index in [1.165, 1.54) is 22.9 Å². The van der Waals surface area contributed by atoms with Crippen LogP contribution in [0.5, 0.6) is 0 Å². The Balaban J connectivity index is 1.64. The number of rotatable bonds is 5. The molecule has 3 rings (SSSR count). The number of hydrogen-bond donors (Lipinski definition) is 1. The Labute approximate surface area is 151 Å². The fourth-order valence-corrected chi connectivity index (χ4v) is 3.67. The highest BCUT2D eigenvalue weighted by molar-refractivity contribution is 9.10. The first-order chi connectivity index (χ1) is 11.6. The van der Waals surface area contributed by atoms with Crippen molar-refractivity contribution in [1.29, 1.82) is 0 Å². The molecular formula is C17H23BrN6. The maximum Gasteiger partial charge on any atom is 0.193 e. The Bertz CT molecular complexity index is 734. The van der Waals surface area contributed by atoms with Crippen molar-refractivity contribution in [3.8, 4) is 0 Å². The predicted octanol–water partition coefficient (Wildman–Crippen LogP) is 2.32. The van der Waals surface area contributed by atoms with Crippen LogP contribution in [-0.2, 0) is 19.0 Å². The summed E-state index contributed by atoms with van der Waals surface area (Å²) >= 11 is 3.69. The summed E-state index contributed by atoms with van der Waals surface area (Å²) in [5.74, 6) is 1.78. The van der Waals surface area contributed by atoms with Crippen LogP contribution in [0.25, 0.3) is 0 Å². The van der Waals surface area contributed by atoms with Gasteiger partial charge in [0, 0.05) is 37.6 Å². The molecule has 128 valence electrons. The molecule has 1 aromatic heterocycles. The molecule has 24 heavy (non-hydrogen) atoms. The van der Waals surface area contributed by atoms with Crippen molar-refractivity contribution < 1.29 is 0 Å². The van der Waals surface area contributed by atoms with Crippen LogP contribution < -0.4 is 5.32 Å². The van der Waals surface area contributed by atoms with Crippen LogP contribution in [0.3, 0.4) is 0 Å². The standard InChI is InChI=1S/C17H23BrN6/c1-19-16(23(2)10-15-21-12-22-24(15)3)20-11-17(8-9-17)13-6-4-5-7-14(13)18/h4-7,12H,8-11H2,1-3H3,(H,19,20). The molecule has 7 heteroatoms. The summed E-state index contributed by atoms with van der Waals surface area (Å²) in [6.07, 6.45) is 3.98. The van der Waals surface area contributed by atoms with Crippen molar-refractivity contribution in [1.82, 2.24) is 25.0 Å². The minimum Gasteiger partial charge on any atom is -0.355 e. The van der Waals surface area contributed by atoms with E-state index in [4.69, 9.17) is 0 Å². The second-order valence-electron chi connectivity index (χ2n) is 6.32. The predicted molar refractivity (Wildman–Crippen MR) is 98.9 cm³/mol. The minimum atomic E-state index is 0.210. The van der Waals surface area contributed by atoms with Gasteiger partial charge in [-0.3, -0.25) is 9.67 Å². The van der Waals surface area contributed by atoms with Gasteiger partial charge in [0.25, 0.3) is 0 Å². The number of benzene rings is 1. The van der Waals surface area contributed by atoms with Gasteiger partial charge in [-0.2, -0.15) is 5.10 Å². The smallest absolute Gasteiger partial charge is 0.193 e. The Kier molecular flexibility index (Phi) is 4.89. The molecule has 0 atom stereocenters. The van der Waals surface area contributed by atoms with Crippen LogP contribution in [0.15, 0.2) is 40.1 Å². The first kappa shape index (κ1) is 17.0. The van der Waals surface area contributed by atoms with Gasteiger partial charge in [-0.1, -0.05) is 34.1 Å². The zero-order valence-corrected chi connectivity index (χ0v) is 15.9. The number of guanidine groups is 1. The third-order valence-electron chi connectivity index (χ3n) is 4.64. The number of nitrogens with one attached hydrogen (secondary N) is 1. The lowest BCUT2D eigenvalue weighted by atomic mass is 9.96. The van der Waals surface area contributed by atoms with Crippen LogP contribution >= 0.6 is 15.9 Å². The second-order valence-corrected chi connectivity index (χ2v) is 7.17. The monoisotopic (exact) mass is 390 g/mol. The normalized spacial score (nSPS) is 16.1. The van der Waals surface area contributed by atoms with Crippen LogP contribution in [0.1, 0.15) is 24.2 Å². The van der Waals surface area contributed by atoms with E-state index in [1.807, 2.05) is 21.1 Å². The van der Waals surface area contributed by atoms with Crippen molar-refractivity contribution in [2.24, 2.45) is 12.0 Å². The highest BCUT2D eigenvalue weighted by Crippen LogP contribution is 2.49. The molecule has 0 bridgehead atoms. The Hall–Kier alpha value is -1.89. The van der Waals surface area contributed by atoms with Crippen molar-refractivity contribution in [3.63, 3.8) is 0 Å². The fourth-order valence-electron chi connectivity index (χ4n) is 2.97. The summed E-state index contributed by atoms with van der Waals surface area (Å²) in [4.78, 5) is 10.8. The number of nitrogens with zero attached hydrogens (tertiary/aromatic N) is 5. The molecule has 0 amide bonds. The molecule has 0 unspecified atom stereocenters. The molecular weight excluding hydrogens is 368 g/mol. The van der Waals surface area contributed by atoms with Crippen molar-refractivity contribution in [3.05, 3.63) is 46.5 Å². The van der Waals surface area contributed by atoms with Crippen LogP contribution in [0.2, 0.25) is 0 Å². The topological polar surface area (TPSA) is 58.3 Å². The Morgan fingerprint density at radius 1 is 1.42 bits per heavy atom. The third-order valence-corrected chi connectivity index (χ3v) is 5.33. The Morgan fingerprint density at radius 2 is 2.17 bits per heavy atom. The van der Waals surface area contributed by atoms with Crippen LogP contribution in [-0.4, -0.2) is 46.3 Å². The number of halogens is 1. The van der Waals surface area contributed by atoms with Gasteiger partial charge in [0.1, 0.15) is 12.2 Å². The van der Waals surface area contributed by atoms with Gasteiger partial charge in [-0.05, 0) is 24.5 Å². The SMILES string of the molecule is CN=C(NCC1(c2ccccc2Br)CC1)N(C)Cc1ncnn1C. The van der Waals surface area contributed by atoms with E-state index in [9.17, 15) is 0 Å². The van der Waals surface area contributed by atoms with Crippen molar-refractivity contribution >= 4 is 21.9 Å². The first-order valence-corrected chi connectivity index (χ1v) is 8.85. The quantitative estimate of drug-likeness (QED) is 0.628. The maximum absolute atomic E-state index is 4.41. The lowest BCUT2D eigenvalue weighted by Crippen LogP contribution is -2.42. The fraction of sp³-hybridized carbons (Fsp3) is 0.471. The highest BCUT2D eigenvalue weighted by atomic mass is 79.9. The van der Waals surface area contributed by atoms with E-state index < -0.39 is 0 Å². The molecule has 0 radical (unpaired) electrons. The third kappa shape index (κ3) is 3.45. The summed E-state index contributed by atoms with van der Waals surface area (Å²) in [5.41, 5.74) is 1.59. The minimum absolute atomic E-state index is 0.210. The number of aliphatic imine (C=N–C) groups is 1. The largest absolute Gasteiger partial charge is 0.355 e. The van der Waals surface area contributed by atoms with E-state index in [2.05, 4.69) is 65.5 Å². The van der Waals surface area contributed by atoms with Gasteiger partial charge < -0.3 is 10.2 Å². The lowest BCUT2D eigenvalue weighted by molar-refractivity contribution is 0.444. The molecule has 1 saturated carbocycles. The molecule has 1 fully saturated rings. The summed E-state index contributed by atoms with van der Waals surface area (Å²) in [7, 11) is 5.73. The summed E-state index contributed by atoms with van der Waals surface area (Å²) in [6.45, 7) is 1.55. The second kappa shape index (κ2) is 6.93. The van der Waals surface area contributed by atoms with E-state index >= 15 is 0 Å². The average Bonchev–Trinajstić information content (AvgIpc) is 3.25. The van der Waals surface area contributed by atoms with Crippen LogP contribution in [0, 0.1) is 0 Å². The molecule has 0 aliphatic heterocycles. The van der Waals surface area contributed by atoms with Gasteiger partial charge in [0.05, 0.1) is 6.54 Å². The highest BCUT2D eigenvalue weighted by Gasteiger charge is 2.45. The average molecular weight is 391 g/mol. The van der Waals surface area contributed by atoms with Crippen molar-refractivity contribution in [2.45, 2.75) is 24.8 Å². The molecule has 1 aromatic carbocycles. The lowest BCUT2D eigenvalue weighted by Gasteiger charge is -2.25. The summed E-state index contributed by atoms with van der Waals surface area (Å²) in [6, 6.07) is 8.50. The molecule has 1 aliphatic rings. The Morgan fingerprint density at radius 3 is 2.75 bits per heavy atom. The summed E-state index contributed by atoms with van der Waals surface area (Å²) < 4.78 is 2.97. The molecule has 0 spiro atoms. The van der Waals surface area contributed by atoms with Gasteiger partial charge in [-0.15, -0.1) is 0 Å². The van der Waals surface area contributed by atoms with E-state index in [1.54, 1.807) is 11.0 Å². The van der Waals surface area contributed by atoms with E-state index in [0.29, 0.717) is 6.54 Å². The van der Waals surface area contributed by atoms with Gasteiger partial charge in [-0.25, -0.2) is 4.98 Å². The maximum atomic E-state index is 4.41. The van der Waals surface area contributed by atoms with Gasteiger partial charge >= 0.3 is 0 Å². The van der Waals surface area contributed by atoms with Crippen molar-refractivity contribution in [2.75, 3.05) is 20.6 Å². The van der Waals surface area contributed by atoms with Gasteiger partial charge in [0.15, 0.2) is 5.96 Å². The number of aromatic nitrogens is 3. The number of aryl methyl sites for hydroxylation is 1. The van der Waals surface area contributed by atoms with E-state index in [-0.39, 0.29) is 5.41 Å².